The lowest BCUT2D eigenvalue weighted by atomic mass is 10.1. The highest BCUT2D eigenvalue weighted by atomic mass is 35.5. The molecule has 31 heavy (non-hydrogen) atoms. The van der Waals surface area contributed by atoms with Crippen molar-refractivity contribution < 1.29 is 14.0 Å². The number of nitrogens with two attached hydrogens (primary N) is 1. The highest BCUT2D eigenvalue weighted by molar-refractivity contribution is 6.30. The van der Waals surface area contributed by atoms with Crippen molar-refractivity contribution in [2.45, 2.75) is 37.9 Å². The summed E-state index contributed by atoms with van der Waals surface area (Å²) in [5.41, 5.74) is 7.48. The van der Waals surface area contributed by atoms with Crippen LogP contribution in [0, 0.1) is 11.7 Å². The predicted octanol–water partition coefficient (Wildman–Crippen LogP) is 1.95. The van der Waals surface area contributed by atoms with Crippen molar-refractivity contribution in [3.05, 3.63) is 58.8 Å². The fraction of sp³-hybridized carbons (Fsp3) is 0.333. The van der Waals surface area contributed by atoms with Crippen LogP contribution in [0.2, 0.25) is 5.02 Å². The SMILES string of the molecule is Nc1ncnn2c(CC(=O)N3C4C[C@@H]4C[C@H]3C(=O)NCc3cccc(Cl)c3F)ccc12. The number of aromatic nitrogens is 3. The summed E-state index contributed by atoms with van der Waals surface area (Å²) in [5.74, 6) is -0.303. The Morgan fingerprint density at radius 2 is 2.10 bits per heavy atom. The Labute approximate surface area is 182 Å². The Bertz CT molecular complexity index is 1200. The summed E-state index contributed by atoms with van der Waals surface area (Å²) in [5, 5.41) is 6.94. The number of piperidine rings is 1. The Hall–Kier alpha value is -3.20. The van der Waals surface area contributed by atoms with E-state index in [1.807, 2.05) is 0 Å². The number of amides is 2. The average Bonchev–Trinajstić information content (AvgIpc) is 3.21. The molecule has 3 aromatic rings. The van der Waals surface area contributed by atoms with E-state index >= 15 is 0 Å². The second kappa shape index (κ2) is 7.49. The van der Waals surface area contributed by atoms with Crippen LogP contribution in [0.25, 0.3) is 5.52 Å². The number of nitrogens with one attached hydrogen (secondary N) is 1. The summed E-state index contributed by atoms with van der Waals surface area (Å²) < 4.78 is 15.7. The largest absolute Gasteiger partial charge is 0.382 e. The van der Waals surface area contributed by atoms with Crippen LogP contribution in [0.15, 0.2) is 36.7 Å². The fourth-order valence-electron chi connectivity index (χ4n) is 4.42. The molecule has 10 heteroatoms. The molecule has 3 atom stereocenters. The van der Waals surface area contributed by atoms with Crippen molar-refractivity contribution in [3.63, 3.8) is 0 Å². The number of nitrogens with zero attached hydrogens (tertiary/aromatic N) is 4. The van der Waals surface area contributed by atoms with Gasteiger partial charge in [0.1, 0.15) is 23.7 Å². The van der Waals surface area contributed by atoms with Gasteiger partial charge in [-0.2, -0.15) is 5.10 Å². The van der Waals surface area contributed by atoms with Gasteiger partial charge in [-0.3, -0.25) is 9.59 Å². The zero-order valence-corrected chi connectivity index (χ0v) is 17.2. The molecule has 160 valence electrons. The van der Waals surface area contributed by atoms with Crippen LogP contribution in [0.5, 0.6) is 0 Å². The highest BCUT2D eigenvalue weighted by Crippen LogP contribution is 2.48. The zero-order chi connectivity index (χ0) is 21.7. The van der Waals surface area contributed by atoms with E-state index in [1.165, 1.54) is 12.4 Å². The molecule has 3 N–H and O–H groups in total. The fourth-order valence-corrected chi connectivity index (χ4v) is 4.62. The van der Waals surface area contributed by atoms with Crippen LogP contribution in [-0.2, 0) is 22.6 Å². The van der Waals surface area contributed by atoms with Crippen LogP contribution < -0.4 is 11.1 Å². The van der Waals surface area contributed by atoms with Crippen molar-refractivity contribution in [3.8, 4) is 0 Å². The Morgan fingerprint density at radius 3 is 2.94 bits per heavy atom. The van der Waals surface area contributed by atoms with Crippen molar-refractivity contribution in [1.82, 2.24) is 24.8 Å². The van der Waals surface area contributed by atoms with Gasteiger partial charge in [0, 0.05) is 18.2 Å². The monoisotopic (exact) mass is 442 g/mol. The Morgan fingerprint density at radius 1 is 1.26 bits per heavy atom. The molecule has 0 spiro atoms. The van der Waals surface area contributed by atoms with Crippen molar-refractivity contribution in [2.24, 2.45) is 5.92 Å². The lowest BCUT2D eigenvalue weighted by Crippen LogP contribution is -2.48. The molecule has 8 nitrogen and oxygen atoms in total. The van der Waals surface area contributed by atoms with Gasteiger partial charge in [-0.25, -0.2) is 13.9 Å². The number of anilines is 1. The van der Waals surface area contributed by atoms with Gasteiger partial charge in [0.05, 0.1) is 17.1 Å². The first-order chi connectivity index (χ1) is 14.9. The molecular weight excluding hydrogens is 423 g/mol. The number of benzene rings is 1. The molecule has 1 saturated carbocycles. The number of halogens is 2. The summed E-state index contributed by atoms with van der Waals surface area (Å²) in [4.78, 5) is 31.6. The van der Waals surface area contributed by atoms with Gasteiger partial charge in [0.15, 0.2) is 5.82 Å². The molecule has 1 saturated heterocycles. The minimum atomic E-state index is -0.565. The van der Waals surface area contributed by atoms with Gasteiger partial charge in [-0.1, -0.05) is 23.7 Å². The van der Waals surface area contributed by atoms with Gasteiger partial charge in [-0.05, 0) is 37.0 Å². The number of hydrogen-bond acceptors (Lipinski definition) is 5. The van der Waals surface area contributed by atoms with Crippen LogP contribution in [-0.4, -0.2) is 43.4 Å². The van der Waals surface area contributed by atoms with Crippen LogP contribution in [0.1, 0.15) is 24.1 Å². The number of fused-ring (bicyclic) bond motifs is 2. The van der Waals surface area contributed by atoms with E-state index in [1.54, 1.807) is 33.7 Å². The summed E-state index contributed by atoms with van der Waals surface area (Å²) in [6.07, 6.45) is 2.96. The van der Waals surface area contributed by atoms with Gasteiger partial charge < -0.3 is 16.0 Å². The molecule has 2 amide bonds. The lowest BCUT2D eigenvalue weighted by Gasteiger charge is -2.27. The molecule has 2 fully saturated rings. The first-order valence-corrected chi connectivity index (χ1v) is 10.4. The zero-order valence-electron chi connectivity index (χ0n) is 16.5. The standard InChI is InChI=1S/C21H20ClFN6O2/c22-14-3-1-2-11(19(14)23)9-25-21(31)17-7-12-6-16(12)28(17)18(30)8-13-4-5-15-20(24)26-10-27-29(13)15/h1-5,10,12,16-17H,6-9H2,(H,25,31)(H2,24,26,27)/t12-,16?,17+/m1/s1. The third-order valence-electron chi connectivity index (χ3n) is 6.07. The summed E-state index contributed by atoms with van der Waals surface area (Å²) >= 11 is 5.81. The quantitative estimate of drug-likeness (QED) is 0.628. The van der Waals surface area contributed by atoms with E-state index in [0.717, 1.165) is 6.42 Å². The maximum atomic E-state index is 14.1. The predicted molar refractivity (Wildman–Crippen MR) is 112 cm³/mol. The minimum Gasteiger partial charge on any atom is -0.382 e. The van der Waals surface area contributed by atoms with Crippen molar-refractivity contribution in [2.75, 3.05) is 5.73 Å². The molecule has 1 aromatic carbocycles. The molecule has 1 unspecified atom stereocenters. The van der Waals surface area contributed by atoms with E-state index in [9.17, 15) is 14.0 Å². The topological polar surface area (TPSA) is 106 Å². The van der Waals surface area contributed by atoms with Gasteiger partial charge in [0.25, 0.3) is 0 Å². The number of likely N-dealkylation sites (tertiary alicyclic amines) is 1. The summed E-state index contributed by atoms with van der Waals surface area (Å²) in [7, 11) is 0. The molecule has 2 aliphatic rings. The number of carbonyl (C=O) groups is 2. The summed E-state index contributed by atoms with van der Waals surface area (Å²) in [6.45, 7) is 0.0125. The third-order valence-corrected chi connectivity index (χ3v) is 6.36. The molecule has 0 radical (unpaired) electrons. The van der Waals surface area contributed by atoms with E-state index in [-0.39, 0.29) is 35.8 Å². The van der Waals surface area contributed by atoms with E-state index in [2.05, 4.69) is 15.4 Å². The minimum absolute atomic E-state index is 0.00883. The molecule has 1 aliphatic heterocycles. The molecule has 0 bridgehead atoms. The van der Waals surface area contributed by atoms with E-state index < -0.39 is 11.9 Å². The second-order valence-electron chi connectivity index (χ2n) is 7.99. The van der Waals surface area contributed by atoms with E-state index in [4.69, 9.17) is 17.3 Å². The second-order valence-corrected chi connectivity index (χ2v) is 8.40. The average molecular weight is 443 g/mol. The number of hydrogen-bond donors (Lipinski definition) is 2. The first-order valence-electron chi connectivity index (χ1n) is 10.0. The Kier molecular flexibility index (Phi) is 4.77. The number of rotatable bonds is 5. The molecule has 3 heterocycles. The van der Waals surface area contributed by atoms with Crippen LogP contribution in [0.3, 0.4) is 0 Å². The normalized spacial score (nSPS) is 21.9. The molecule has 5 rings (SSSR count). The van der Waals surface area contributed by atoms with Gasteiger partial charge in [0.2, 0.25) is 11.8 Å². The maximum absolute atomic E-state index is 14.1. The lowest BCUT2D eigenvalue weighted by molar-refractivity contribution is -0.139. The van der Waals surface area contributed by atoms with Gasteiger partial charge >= 0.3 is 0 Å². The van der Waals surface area contributed by atoms with Gasteiger partial charge in [-0.15, -0.1) is 0 Å². The molecule has 1 aliphatic carbocycles. The van der Waals surface area contributed by atoms with Crippen LogP contribution >= 0.6 is 11.6 Å². The Balaban J connectivity index is 1.30. The summed E-state index contributed by atoms with van der Waals surface area (Å²) in [6, 6.07) is 7.73. The smallest absolute Gasteiger partial charge is 0.243 e. The van der Waals surface area contributed by atoms with Crippen molar-refractivity contribution in [1.29, 1.82) is 0 Å². The maximum Gasteiger partial charge on any atom is 0.243 e. The third kappa shape index (κ3) is 3.48. The highest BCUT2D eigenvalue weighted by Gasteiger charge is 2.55. The molecule has 2 aromatic heterocycles. The van der Waals surface area contributed by atoms with Crippen LogP contribution in [0.4, 0.5) is 10.2 Å². The number of carbonyl (C=O) groups excluding carboxylic acids is 2. The van der Waals surface area contributed by atoms with Crippen molar-refractivity contribution >= 4 is 34.7 Å². The van der Waals surface area contributed by atoms with E-state index in [0.29, 0.717) is 34.9 Å². The molecular formula is C21H20ClFN6O2. The number of nitrogen functional groups attached to an aromatic ring is 1. The first kappa shape index (κ1) is 19.7.